The van der Waals surface area contributed by atoms with Crippen molar-refractivity contribution in [3.8, 4) is 0 Å². The maximum atomic E-state index is 11.1. The Balaban J connectivity index is 2.27. The fraction of sp³-hybridized carbons (Fsp3) is 0.500. The summed E-state index contributed by atoms with van der Waals surface area (Å²) in [5, 5.41) is 23.6. The Morgan fingerprint density at radius 1 is 1.42 bits per heavy atom. The number of aliphatic hydroxyl groups excluding tert-OH is 1. The average molecular weight is 266 g/mol. The van der Waals surface area contributed by atoms with E-state index in [1.807, 2.05) is 0 Å². The van der Waals surface area contributed by atoms with Crippen molar-refractivity contribution >= 4 is 17.1 Å². The lowest BCUT2D eigenvalue weighted by molar-refractivity contribution is -0.383. The van der Waals surface area contributed by atoms with Crippen LogP contribution in [-0.2, 0) is 0 Å². The smallest absolute Gasteiger partial charge is 0.316 e. The molecule has 0 saturated heterocycles. The Morgan fingerprint density at radius 3 is 2.79 bits per heavy atom. The molecule has 0 aliphatic heterocycles. The molecule has 2 unspecified atom stereocenters. The van der Waals surface area contributed by atoms with Crippen LogP contribution in [0.4, 0.5) is 17.1 Å². The number of benzene rings is 1. The van der Waals surface area contributed by atoms with Crippen LogP contribution in [0.5, 0.6) is 0 Å². The normalized spacial score (nSPS) is 22.2. The molecule has 1 aromatic rings. The summed E-state index contributed by atoms with van der Waals surface area (Å²) in [6.45, 7) is 0.0975. The van der Waals surface area contributed by atoms with Gasteiger partial charge in [-0.15, -0.1) is 0 Å². The number of nitro benzene ring substituents is 1. The molecule has 0 radical (unpaired) electrons. The van der Waals surface area contributed by atoms with Crippen LogP contribution in [0.25, 0.3) is 0 Å². The number of hydrogen-bond acceptors (Lipinski definition) is 6. The van der Waals surface area contributed by atoms with Crippen LogP contribution in [0.15, 0.2) is 18.2 Å². The summed E-state index contributed by atoms with van der Waals surface area (Å²) in [7, 11) is 0. The van der Waals surface area contributed by atoms with Crippen molar-refractivity contribution in [1.82, 2.24) is 0 Å². The van der Waals surface area contributed by atoms with Crippen LogP contribution in [-0.4, -0.2) is 22.7 Å². The molecular weight excluding hydrogens is 248 g/mol. The molecule has 1 fully saturated rings. The summed E-state index contributed by atoms with van der Waals surface area (Å²) >= 11 is 0. The number of rotatable bonds is 5. The number of aliphatic hydroxyl groups is 1. The van der Waals surface area contributed by atoms with Gasteiger partial charge in [0, 0.05) is 18.6 Å². The van der Waals surface area contributed by atoms with E-state index in [0.717, 1.165) is 19.3 Å². The topological polar surface area (TPSA) is 113 Å². The van der Waals surface area contributed by atoms with Gasteiger partial charge >= 0.3 is 5.69 Å². The summed E-state index contributed by atoms with van der Waals surface area (Å²) in [5.74, 6) is 5.44. The van der Waals surface area contributed by atoms with Gasteiger partial charge < -0.3 is 15.8 Å². The molecule has 1 saturated carbocycles. The highest BCUT2D eigenvalue weighted by Crippen LogP contribution is 2.35. The molecule has 1 aliphatic rings. The molecule has 0 spiro atoms. The molecule has 7 heteroatoms. The minimum Gasteiger partial charge on any atom is -0.396 e. The van der Waals surface area contributed by atoms with E-state index in [-0.39, 0.29) is 29.9 Å². The first-order chi connectivity index (χ1) is 9.17. The summed E-state index contributed by atoms with van der Waals surface area (Å²) in [6, 6.07) is 4.98. The SMILES string of the molecule is NNc1cccc(NC2CCCC2CO)c1[N+](=O)[O-]. The second-order valence-corrected chi connectivity index (χ2v) is 4.73. The first-order valence-electron chi connectivity index (χ1n) is 6.28. The van der Waals surface area contributed by atoms with Gasteiger partial charge in [-0.05, 0) is 25.0 Å². The molecule has 19 heavy (non-hydrogen) atoms. The standard InChI is InChI=1S/C12H18N4O3/c13-15-11-6-2-5-10(12(11)16(18)19)14-9-4-1-3-8(9)7-17/h2,5-6,8-9,14-15,17H,1,3-4,7,13H2. The molecule has 0 aromatic heterocycles. The van der Waals surface area contributed by atoms with Crippen LogP contribution < -0.4 is 16.6 Å². The van der Waals surface area contributed by atoms with Gasteiger partial charge in [0.1, 0.15) is 11.4 Å². The molecular formula is C12H18N4O3. The van der Waals surface area contributed by atoms with Gasteiger partial charge in [0.2, 0.25) is 0 Å². The number of nitrogens with one attached hydrogen (secondary N) is 2. The summed E-state index contributed by atoms with van der Waals surface area (Å²) in [5.41, 5.74) is 2.98. The minimum atomic E-state index is -0.458. The Hall–Kier alpha value is -1.86. The Bertz CT molecular complexity index is 466. The number of para-hydroxylation sites is 1. The van der Waals surface area contributed by atoms with Crippen molar-refractivity contribution in [3.05, 3.63) is 28.3 Å². The number of hydrogen-bond donors (Lipinski definition) is 4. The van der Waals surface area contributed by atoms with E-state index in [9.17, 15) is 15.2 Å². The minimum absolute atomic E-state index is 0.0615. The second kappa shape index (κ2) is 5.85. The van der Waals surface area contributed by atoms with Crippen LogP contribution in [0.2, 0.25) is 0 Å². The molecule has 2 atom stereocenters. The highest BCUT2D eigenvalue weighted by atomic mass is 16.6. The number of hydrazine groups is 1. The number of anilines is 2. The lowest BCUT2D eigenvalue weighted by Crippen LogP contribution is -2.26. The maximum Gasteiger partial charge on any atom is 0.316 e. The average Bonchev–Trinajstić information content (AvgIpc) is 2.85. The van der Waals surface area contributed by atoms with E-state index < -0.39 is 4.92 Å². The van der Waals surface area contributed by atoms with Crippen LogP contribution in [0.3, 0.4) is 0 Å². The molecule has 7 nitrogen and oxygen atoms in total. The lowest BCUT2D eigenvalue weighted by atomic mass is 10.0. The molecule has 2 rings (SSSR count). The van der Waals surface area contributed by atoms with E-state index >= 15 is 0 Å². The van der Waals surface area contributed by atoms with Crippen LogP contribution in [0, 0.1) is 16.0 Å². The Morgan fingerprint density at radius 2 is 2.16 bits per heavy atom. The Kier molecular flexibility index (Phi) is 4.18. The second-order valence-electron chi connectivity index (χ2n) is 4.73. The number of nitrogens with zero attached hydrogens (tertiary/aromatic N) is 1. The van der Waals surface area contributed by atoms with Crippen molar-refractivity contribution in [3.63, 3.8) is 0 Å². The van der Waals surface area contributed by atoms with Gasteiger partial charge in [0.15, 0.2) is 0 Å². The zero-order valence-corrected chi connectivity index (χ0v) is 10.5. The van der Waals surface area contributed by atoms with Gasteiger partial charge in [-0.2, -0.15) is 0 Å². The quantitative estimate of drug-likeness (QED) is 0.364. The van der Waals surface area contributed by atoms with Crippen molar-refractivity contribution in [2.75, 3.05) is 17.3 Å². The van der Waals surface area contributed by atoms with Crippen molar-refractivity contribution < 1.29 is 10.0 Å². The number of nitrogens with two attached hydrogens (primary N) is 1. The molecule has 0 amide bonds. The first-order valence-corrected chi connectivity index (χ1v) is 6.28. The van der Waals surface area contributed by atoms with Crippen LogP contribution in [0.1, 0.15) is 19.3 Å². The van der Waals surface area contributed by atoms with Gasteiger partial charge in [-0.25, -0.2) is 0 Å². The van der Waals surface area contributed by atoms with E-state index in [1.54, 1.807) is 18.2 Å². The molecule has 1 aliphatic carbocycles. The molecule has 0 bridgehead atoms. The number of nitro groups is 1. The zero-order valence-electron chi connectivity index (χ0n) is 10.5. The summed E-state index contributed by atoms with van der Waals surface area (Å²) < 4.78 is 0. The highest BCUT2D eigenvalue weighted by Gasteiger charge is 2.29. The molecule has 104 valence electrons. The predicted molar refractivity (Wildman–Crippen MR) is 72.7 cm³/mol. The highest BCUT2D eigenvalue weighted by molar-refractivity contribution is 5.76. The van der Waals surface area contributed by atoms with Crippen molar-refractivity contribution in [1.29, 1.82) is 0 Å². The van der Waals surface area contributed by atoms with E-state index in [2.05, 4.69) is 10.7 Å². The fourth-order valence-electron chi connectivity index (χ4n) is 2.62. The van der Waals surface area contributed by atoms with Crippen molar-refractivity contribution in [2.24, 2.45) is 11.8 Å². The largest absolute Gasteiger partial charge is 0.396 e. The number of nitrogen functional groups attached to an aromatic ring is 1. The van der Waals surface area contributed by atoms with Gasteiger partial charge in [0.25, 0.3) is 0 Å². The van der Waals surface area contributed by atoms with Crippen LogP contribution >= 0.6 is 0 Å². The predicted octanol–water partition coefficient (Wildman–Crippen LogP) is 1.45. The maximum absolute atomic E-state index is 11.1. The fourth-order valence-corrected chi connectivity index (χ4v) is 2.62. The third-order valence-corrected chi connectivity index (χ3v) is 3.61. The summed E-state index contributed by atoms with van der Waals surface area (Å²) in [4.78, 5) is 10.7. The molecule has 1 aromatic carbocycles. The molecule has 5 N–H and O–H groups in total. The van der Waals surface area contributed by atoms with Gasteiger partial charge in [0.05, 0.1) is 4.92 Å². The lowest BCUT2D eigenvalue weighted by Gasteiger charge is -2.20. The third-order valence-electron chi connectivity index (χ3n) is 3.61. The molecule has 0 heterocycles. The third kappa shape index (κ3) is 2.77. The Labute approximate surface area is 110 Å². The van der Waals surface area contributed by atoms with E-state index in [4.69, 9.17) is 5.84 Å². The van der Waals surface area contributed by atoms with Gasteiger partial charge in [-0.1, -0.05) is 12.5 Å². The van der Waals surface area contributed by atoms with E-state index in [1.165, 1.54) is 0 Å². The van der Waals surface area contributed by atoms with E-state index in [0.29, 0.717) is 5.69 Å². The van der Waals surface area contributed by atoms with Gasteiger partial charge in [-0.3, -0.25) is 16.0 Å². The zero-order chi connectivity index (χ0) is 13.8. The summed E-state index contributed by atoms with van der Waals surface area (Å²) in [6.07, 6.45) is 2.87. The first kappa shape index (κ1) is 13.6. The van der Waals surface area contributed by atoms with Crippen molar-refractivity contribution in [2.45, 2.75) is 25.3 Å². The monoisotopic (exact) mass is 266 g/mol.